The SMILES string of the molecule is CC(C)CCCC(C)CCCC(C)(O)C(O)CNCCO. The van der Waals surface area contributed by atoms with Crippen molar-refractivity contribution in [3.05, 3.63) is 0 Å². The van der Waals surface area contributed by atoms with E-state index in [0.717, 1.165) is 18.8 Å². The van der Waals surface area contributed by atoms with E-state index in [1.165, 1.54) is 19.3 Å². The van der Waals surface area contributed by atoms with Gasteiger partial charge in [-0.05, 0) is 25.2 Å². The molecular weight excluding hydrogens is 266 g/mol. The largest absolute Gasteiger partial charge is 0.395 e. The van der Waals surface area contributed by atoms with E-state index in [1.54, 1.807) is 6.92 Å². The molecule has 4 nitrogen and oxygen atoms in total. The highest BCUT2D eigenvalue weighted by molar-refractivity contribution is 4.83. The second-order valence-electron chi connectivity index (χ2n) is 7.12. The molecule has 4 heteroatoms. The molecule has 0 heterocycles. The highest BCUT2D eigenvalue weighted by Gasteiger charge is 2.29. The standard InChI is InChI=1S/C17H37NO3/c1-14(2)7-5-8-15(3)9-6-10-17(4,21)16(20)13-18-11-12-19/h14-16,18-21H,5-13H2,1-4H3. The summed E-state index contributed by atoms with van der Waals surface area (Å²) in [5, 5.41) is 31.9. The smallest absolute Gasteiger partial charge is 0.0948 e. The van der Waals surface area contributed by atoms with Gasteiger partial charge in [0, 0.05) is 13.1 Å². The molecule has 4 N–H and O–H groups in total. The van der Waals surface area contributed by atoms with Crippen molar-refractivity contribution in [2.24, 2.45) is 11.8 Å². The molecule has 0 saturated heterocycles. The summed E-state index contributed by atoms with van der Waals surface area (Å²) in [5.74, 6) is 1.46. The summed E-state index contributed by atoms with van der Waals surface area (Å²) in [6, 6.07) is 0. The highest BCUT2D eigenvalue weighted by Crippen LogP contribution is 2.22. The monoisotopic (exact) mass is 303 g/mol. The molecule has 0 fully saturated rings. The summed E-state index contributed by atoms with van der Waals surface area (Å²) in [5.41, 5.74) is -1.06. The first kappa shape index (κ1) is 20.8. The van der Waals surface area contributed by atoms with Gasteiger partial charge in [0.1, 0.15) is 0 Å². The summed E-state index contributed by atoms with van der Waals surface area (Å²) in [6.45, 7) is 9.29. The van der Waals surface area contributed by atoms with Crippen molar-refractivity contribution in [2.45, 2.75) is 77.9 Å². The van der Waals surface area contributed by atoms with Crippen LogP contribution in [0.4, 0.5) is 0 Å². The normalized spacial score (nSPS) is 17.7. The lowest BCUT2D eigenvalue weighted by Crippen LogP contribution is -2.46. The van der Waals surface area contributed by atoms with Gasteiger partial charge in [-0.1, -0.05) is 52.9 Å². The molecule has 128 valence electrons. The van der Waals surface area contributed by atoms with Gasteiger partial charge in [0.15, 0.2) is 0 Å². The molecule has 0 aliphatic rings. The molecule has 0 aromatic rings. The molecule has 0 amide bonds. The molecule has 0 bridgehead atoms. The van der Waals surface area contributed by atoms with Gasteiger partial charge in [-0.2, -0.15) is 0 Å². The number of hydrogen-bond donors (Lipinski definition) is 4. The molecule has 0 aromatic heterocycles. The minimum Gasteiger partial charge on any atom is -0.395 e. The summed E-state index contributed by atoms with van der Waals surface area (Å²) in [6.07, 6.45) is 5.68. The maximum Gasteiger partial charge on any atom is 0.0948 e. The van der Waals surface area contributed by atoms with Crippen LogP contribution in [-0.2, 0) is 0 Å². The van der Waals surface area contributed by atoms with Crippen LogP contribution in [0.5, 0.6) is 0 Å². The highest BCUT2D eigenvalue weighted by atomic mass is 16.3. The van der Waals surface area contributed by atoms with Crippen molar-refractivity contribution in [3.8, 4) is 0 Å². The molecule has 0 aromatic carbocycles. The number of aliphatic hydroxyl groups excluding tert-OH is 2. The second kappa shape index (κ2) is 11.4. The Labute approximate surface area is 131 Å². The van der Waals surface area contributed by atoms with Gasteiger partial charge in [0.05, 0.1) is 18.3 Å². The Morgan fingerprint density at radius 3 is 2.24 bits per heavy atom. The second-order valence-corrected chi connectivity index (χ2v) is 7.12. The number of rotatable bonds is 13. The Morgan fingerprint density at radius 2 is 1.67 bits per heavy atom. The number of aliphatic hydroxyl groups is 3. The van der Waals surface area contributed by atoms with Crippen LogP contribution >= 0.6 is 0 Å². The van der Waals surface area contributed by atoms with E-state index in [1.807, 2.05) is 0 Å². The molecule has 21 heavy (non-hydrogen) atoms. The molecule has 3 atom stereocenters. The van der Waals surface area contributed by atoms with Crippen molar-refractivity contribution < 1.29 is 15.3 Å². The van der Waals surface area contributed by atoms with Gasteiger partial charge in [0.25, 0.3) is 0 Å². The van der Waals surface area contributed by atoms with E-state index in [0.29, 0.717) is 25.4 Å². The molecule has 0 aliphatic carbocycles. The lowest BCUT2D eigenvalue weighted by molar-refractivity contribution is -0.0671. The van der Waals surface area contributed by atoms with Crippen molar-refractivity contribution in [3.63, 3.8) is 0 Å². The topological polar surface area (TPSA) is 72.7 Å². The fraction of sp³-hybridized carbons (Fsp3) is 1.00. The molecule has 0 saturated carbocycles. The average molecular weight is 303 g/mol. The molecule has 0 spiro atoms. The first-order chi connectivity index (χ1) is 9.79. The minimum absolute atomic E-state index is 0.0444. The van der Waals surface area contributed by atoms with Gasteiger partial charge in [-0.25, -0.2) is 0 Å². The lowest BCUT2D eigenvalue weighted by Gasteiger charge is -2.29. The molecule has 3 unspecified atom stereocenters. The van der Waals surface area contributed by atoms with Crippen molar-refractivity contribution in [1.82, 2.24) is 5.32 Å². The molecule has 0 aliphatic heterocycles. The van der Waals surface area contributed by atoms with Crippen molar-refractivity contribution >= 4 is 0 Å². The van der Waals surface area contributed by atoms with E-state index in [-0.39, 0.29) is 6.61 Å². The zero-order valence-corrected chi connectivity index (χ0v) is 14.4. The number of nitrogens with one attached hydrogen (secondary N) is 1. The zero-order valence-electron chi connectivity index (χ0n) is 14.4. The average Bonchev–Trinajstić information content (AvgIpc) is 2.38. The Morgan fingerprint density at radius 1 is 1.05 bits per heavy atom. The Balaban J connectivity index is 3.81. The van der Waals surface area contributed by atoms with E-state index in [2.05, 4.69) is 26.1 Å². The zero-order chi connectivity index (χ0) is 16.3. The Kier molecular flexibility index (Phi) is 11.3. The van der Waals surface area contributed by atoms with Crippen LogP contribution in [0.3, 0.4) is 0 Å². The van der Waals surface area contributed by atoms with Gasteiger partial charge in [-0.15, -0.1) is 0 Å². The first-order valence-corrected chi connectivity index (χ1v) is 8.51. The Hall–Kier alpha value is -0.160. The third-order valence-electron chi connectivity index (χ3n) is 4.20. The predicted molar refractivity (Wildman–Crippen MR) is 88.3 cm³/mol. The van der Waals surface area contributed by atoms with Gasteiger partial charge in [0.2, 0.25) is 0 Å². The fourth-order valence-electron chi connectivity index (χ4n) is 2.53. The maximum atomic E-state index is 10.3. The molecular formula is C17H37NO3. The first-order valence-electron chi connectivity index (χ1n) is 8.51. The van der Waals surface area contributed by atoms with Crippen LogP contribution in [0.1, 0.15) is 66.2 Å². The lowest BCUT2D eigenvalue weighted by atomic mass is 9.89. The summed E-state index contributed by atoms with van der Waals surface area (Å²) >= 11 is 0. The van der Waals surface area contributed by atoms with Crippen LogP contribution in [0.2, 0.25) is 0 Å². The van der Waals surface area contributed by atoms with Crippen LogP contribution in [0.25, 0.3) is 0 Å². The third-order valence-corrected chi connectivity index (χ3v) is 4.20. The predicted octanol–water partition coefficient (Wildman–Crippen LogP) is 2.31. The van der Waals surface area contributed by atoms with Crippen molar-refractivity contribution in [1.29, 1.82) is 0 Å². The van der Waals surface area contributed by atoms with Crippen LogP contribution in [-0.4, -0.2) is 46.7 Å². The van der Waals surface area contributed by atoms with E-state index in [4.69, 9.17) is 5.11 Å². The van der Waals surface area contributed by atoms with Gasteiger partial charge in [-0.3, -0.25) is 0 Å². The van der Waals surface area contributed by atoms with E-state index >= 15 is 0 Å². The maximum absolute atomic E-state index is 10.3. The van der Waals surface area contributed by atoms with Gasteiger partial charge < -0.3 is 20.6 Å². The van der Waals surface area contributed by atoms with E-state index in [9.17, 15) is 10.2 Å². The number of hydrogen-bond acceptors (Lipinski definition) is 4. The molecule has 0 radical (unpaired) electrons. The summed E-state index contributed by atoms with van der Waals surface area (Å²) < 4.78 is 0. The van der Waals surface area contributed by atoms with Crippen LogP contribution < -0.4 is 5.32 Å². The van der Waals surface area contributed by atoms with Gasteiger partial charge >= 0.3 is 0 Å². The minimum atomic E-state index is -1.06. The Bertz CT molecular complexity index is 244. The third kappa shape index (κ3) is 11.1. The fourth-order valence-corrected chi connectivity index (χ4v) is 2.53. The van der Waals surface area contributed by atoms with Crippen LogP contribution in [0.15, 0.2) is 0 Å². The van der Waals surface area contributed by atoms with Crippen LogP contribution in [0, 0.1) is 11.8 Å². The van der Waals surface area contributed by atoms with Crippen molar-refractivity contribution in [2.75, 3.05) is 19.7 Å². The van der Waals surface area contributed by atoms with E-state index < -0.39 is 11.7 Å². The quantitative estimate of drug-likeness (QED) is 0.394. The molecule has 0 rings (SSSR count). The summed E-state index contributed by atoms with van der Waals surface area (Å²) in [4.78, 5) is 0. The summed E-state index contributed by atoms with van der Waals surface area (Å²) in [7, 11) is 0.